The Bertz CT molecular complexity index is 751. The van der Waals surface area contributed by atoms with E-state index in [0.29, 0.717) is 30.5 Å². The molecule has 7 nitrogen and oxygen atoms in total. The number of nitrogens with zero attached hydrogens (tertiary/aromatic N) is 3. The van der Waals surface area contributed by atoms with Gasteiger partial charge in [-0.3, -0.25) is 4.79 Å². The number of aromatic nitrogens is 2. The van der Waals surface area contributed by atoms with Gasteiger partial charge in [-0.25, -0.2) is 0 Å². The van der Waals surface area contributed by atoms with Crippen molar-refractivity contribution in [3.8, 4) is 11.5 Å². The van der Waals surface area contributed by atoms with Gasteiger partial charge in [-0.05, 0) is 32.3 Å². The molecule has 140 valence electrons. The summed E-state index contributed by atoms with van der Waals surface area (Å²) < 4.78 is 11.1. The first kappa shape index (κ1) is 18.9. The Kier molecular flexibility index (Phi) is 6.70. The van der Waals surface area contributed by atoms with E-state index < -0.39 is 0 Å². The van der Waals surface area contributed by atoms with Crippen LogP contribution in [0.4, 0.5) is 5.13 Å². The number of fused-ring (bicyclic) bond motifs is 1. The zero-order valence-electron chi connectivity index (χ0n) is 14.9. The van der Waals surface area contributed by atoms with Gasteiger partial charge in [0.15, 0.2) is 11.5 Å². The molecule has 26 heavy (non-hydrogen) atoms. The van der Waals surface area contributed by atoms with Gasteiger partial charge >= 0.3 is 0 Å². The highest BCUT2D eigenvalue weighted by Crippen LogP contribution is 2.34. The Balaban J connectivity index is 1.41. The van der Waals surface area contributed by atoms with E-state index in [1.165, 1.54) is 11.3 Å². The van der Waals surface area contributed by atoms with Crippen LogP contribution in [0.2, 0.25) is 0 Å². The molecule has 1 N–H and O–H groups in total. The molecule has 3 rings (SSSR count). The lowest BCUT2D eigenvalue weighted by Gasteiger charge is -2.18. The molecule has 0 bridgehead atoms. The number of likely N-dealkylation sites (N-methyl/N-ethyl adjacent to an activating group) is 1. The van der Waals surface area contributed by atoms with Crippen molar-refractivity contribution in [3.63, 3.8) is 0 Å². The fraction of sp³-hybridized carbons (Fsp3) is 0.471. The summed E-state index contributed by atoms with van der Waals surface area (Å²) in [4.78, 5) is 15.2. The Hall–Kier alpha value is -1.84. The van der Waals surface area contributed by atoms with Crippen LogP contribution in [0.1, 0.15) is 11.4 Å². The summed E-state index contributed by atoms with van der Waals surface area (Å²) in [6, 6.07) is 5.85. The van der Waals surface area contributed by atoms with E-state index in [9.17, 15) is 4.79 Å². The SMILES string of the molecule is CN(C)CCc1nnc(NC(=O)CCSc2ccc3c(c2)OCCO3)s1. The molecule has 2 heterocycles. The van der Waals surface area contributed by atoms with E-state index in [2.05, 4.69) is 20.4 Å². The van der Waals surface area contributed by atoms with Crippen molar-refractivity contribution in [3.05, 3.63) is 23.2 Å². The fourth-order valence-corrected chi connectivity index (χ4v) is 3.90. The molecule has 0 fully saturated rings. The predicted molar refractivity (Wildman–Crippen MR) is 104 cm³/mol. The average Bonchev–Trinajstić information content (AvgIpc) is 3.07. The highest BCUT2D eigenvalue weighted by atomic mass is 32.2. The first-order chi connectivity index (χ1) is 12.6. The number of ether oxygens (including phenoxy) is 2. The van der Waals surface area contributed by atoms with Crippen molar-refractivity contribution < 1.29 is 14.3 Å². The molecule has 1 aromatic heterocycles. The van der Waals surface area contributed by atoms with Crippen molar-refractivity contribution >= 4 is 34.1 Å². The van der Waals surface area contributed by atoms with Gasteiger partial charge in [0.25, 0.3) is 0 Å². The van der Waals surface area contributed by atoms with E-state index in [4.69, 9.17) is 9.47 Å². The summed E-state index contributed by atoms with van der Waals surface area (Å²) in [5.41, 5.74) is 0. The van der Waals surface area contributed by atoms with Crippen LogP contribution in [0, 0.1) is 0 Å². The lowest BCUT2D eigenvalue weighted by Crippen LogP contribution is -2.15. The molecule has 0 radical (unpaired) electrons. The quantitative estimate of drug-likeness (QED) is 0.690. The average molecular weight is 395 g/mol. The highest BCUT2D eigenvalue weighted by Gasteiger charge is 2.13. The third kappa shape index (κ3) is 5.58. The monoisotopic (exact) mass is 394 g/mol. The molecule has 2 aromatic rings. The maximum Gasteiger partial charge on any atom is 0.227 e. The summed E-state index contributed by atoms with van der Waals surface area (Å²) in [6.07, 6.45) is 1.24. The summed E-state index contributed by atoms with van der Waals surface area (Å²) in [6.45, 7) is 2.07. The number of hydrogen-bond donors (Lipinski definition) is 1. The van der Waals surface area contributed by atoms with Crippen LogP contribution in [0.25, 0.3) is 0 Å². The molecule has 0 atom stereocenters. The number of carbonyl (C=O) groups excluding carboxylic acids is 1. The molecular weight excluding hydrogens is 372 g/mol. The molecule has 0 unspecified atom stereocenters. The zero-order valence-corrected chi connectivity index (χ0v) is 16.5. The maximum atomic E-state index is 12.1. The van der Waals surface area contributed by atoms with Gasteiger partial charge in [0.05, 0.1) is 0 Å². The first-order valence-electron chi connectivity index (χ1n) is 8.39. The number of hydrogen-bond acceptors (Lipinski definition) is 8. The Labute approximate surface area is 161 Å². The molecule has 0 spiro atoms. The first-order valence-corrected chi connectivity index (χ1v) is 10.2. The van der Waals surface area contributed by atoms with Gasteiger partial charge in [-0.2, -0.15) is 0 Å². The largest absolute Gasteiger partial charge is 0.486 e. The summed E-state index contributed by atoms with van der Waals surface area (Å²) in [5, 5.41) is 12.4. The standard InChI is InChI=1S/C17H22N4O3S2/c1-21(2)7-5-16-19-20-17(26-16)18-15(22)6-10-25-12-3-4-13-14(11-12)24-9-8-23-13/h3-4,11H,5-10H2,1-2H3,(H,18,20,22). The van der Waals surface area contributed by atoms with Crippen LogP contribution in [0.3, 0.4) is 0 Å². The fourth-order valence-electron chi connectivity index (χ4n) is 2.28. The van der Waals surface area contributed by atoms with E-state index in [1.807, 2.05) is 32.3 Å². The predicted octanol–water partition coefficient (Wildman–Crippen LogP) is 2.53. The van der Waals surface area contributed by atoms with Crippen LogP contribution in [0.5, 0.6) is 11.5 Å². The summed E-state index contributed by atoms with van der Waals surface area (Å²) in [5.74, 6) is 2.17. The van der Waals surface area contributed by atoms with Crippen LogP contribution in [-0.4, -0.2) is 60.6 Å². The normalized spacial score (nSPS) is 13.0. The van der Waals surface area contributed by atoms with Crippen LogP contribution in [0.15, 0.2) is 23.1 Å². The number of benzene rings is 1. The zero-order chi connectivity index (χ0) is 18.4. The van der Waals surface area contributed by atoms with Crippen molar-refractivity contribution in [2.24, 2.45) is 0 Å². The van der Waals surface area contributed by atoms with Gasteiger partial charge < -0.3 is 19.7 Å². The number of anilines is 1. The lowest BCUT2D eigenvalue weighted by molar-refractivity contribution is -0.115. The van der Waals surface area contributed by atoms with Crippen LogP contribution in [-0.2, 0) is 11.2 Å². The second-order valence-electron chi connectivity index (χ2n) is 6.01. The Morgan fingerprint density at radius 1 is 1.27 bits per heavy atom. The number of thioether (sulfide) groups is 1. The van der Waals surface area contributed by atoms with Crippen LogP contribution < -0.4 is 14.8 Å². The van der Waals surface area contributed by atoms with E-state index >= 15 is 0 Å². The van der Waals surface area contributed by atoms with Gasteiger partial charge in [0.1, 0.15) is 18.2 Å². The highest BCUT2D eigenvalue weighted by molar-refractivity contribution is 7.99. The summed E-state index contributed by atoms with van der Waals surface area (Å²) >= 11 is 3.04. The molecule has 0 saturated carbocycles. The molecule has 0 aliphatic carbocycles. The molecule has 1 aliphatic rings. The molecule has 1 aliphatic heterocycles. The Morgan fingerprint density at radius 3 is 2.88 bits per heavy atom. The minimum Gasteiger partial charge on any atom is -0.486 e. The molecule has 0 saturated heterocycles. The second kappa shape index (κ2) is 9.20. The van der Waals surface area contributed by atoms with E-state index in [0.717, 1.165) is 34.4 Å². The summed E-state index contributed by atoms with van der Waals surface area (Å²) in [7, 11) is 4.03. The minimum absolute atomic E-state index is 0.0506. The topological polar surface area (TPSA) is 76.6 Å². The van der Waals surface area contributed by atoms with Gasteiger partial charge in [-0.1, -0.05) is 11.3 Å². The molecular formula is C17H22N4O3S2. The molecule has 9 heteroatoms. The molecule has 1 aromatic carbocycles. The lowest BCUT2D eigenvalue weighted by atomic mass is 10.3. The third-order valence-corrected chi connectivity index (χ3v) is 5.49. The number of amides is 1. The van der Waals surface area contributed by atoms with Gasteiger partial charge in [0, 0.05) is 30.0 Å². The van der Waals surface area contributed by atoms with Crippen molar-refractivity contribution in [1.29, 1.82) is 0 Å². The van der Waals surface area contributed by atoms with Crippen molar-refractivity contribution in [2.45, 2.75) is 17.7 Å². The van der Waals surface area contributed by atoms with Crippen molar-refractivity contribution in [2.75, 3.05) is 44.9 Å². The second-order valence-corrected chi connectivity index (χ2v) is 8.24. The van der Waals surface area contributed by atoms with Crippen LogP contribution >= 0.6 is 23.1 Å². The Morgan fingerprint density at radius 2 is 2.08 bits per heavy atom. The number of rotatable bonds is 8. The van der Waals surface area contributed by atoms with Crippen molar-refractivity contribution in [1.82, 2.24) is 15.1 Å². The van der Waals surface area contributed by atoms with Gasteiger partial charge in [0.2, 0.25) is 11.0 Å². The van der Waals surface area contributed by atoms with Gasteiger partial charge in [-0.15, -0.1) is 22.0 Å². The van der Waals surface area contributed by atoms with E-state index in [-0.39, 0.29) is 5.91 Å². The van der Waals surface area contributed by atoms with E-state index in [1.54, 1.807) is 11.8 Å². The third-order valence-electron chi connectivity index (χ3n) is 3.60. The smallest absolute Gasteiger partial charge is 0.227 e. The number of nitrogens with one attached hydrogen (secondary N) is 1. The molecule has 1 amide bonds. The maximum absolute atomic E-state index is 12.1. The number of carbonyl (C=O) groups is 1. The minimum atomic E-state index is -0.0506.